The molecule has 0 aliphatic rings. The minimum absolute atomic E-state index is 0.500. The first kappa shape index (κ1) is 28.9. The SMILES string of the molecule is CCCCCCCCCCCCCCCCCCn1cc[n+](Cc2ccccc2)c1.O=C[O-]. The van der Waals surface area contributed by atoms with E-state index in [2.05, 4.69) is 65.1 Å². The molecule has 1 aromatic heterocycles. The first-order chi connectivity index (χ1) is 16.3. The molecule has 0 aliphatic heterocycles. The minimum Gasteiger partial charge on any atom is -0.554 e. The Morgan fingerprint density at radius 1 is 0.758 bits per heavy atom. The van der Waals surface area contributed by atoms with Crippen LogP contribution in [0.3, 0.4) is 0 Å². The number of hydrogen-bond acceptors (Lipinski definition) is 2. The van der Waals surface area contributed by atoms with Crippen LogP contribution >= 0.6 is 0 Å². The van der Waals surface area contributed by atoms with Crippen molar-refractivity contribution in [3.63, 3.8) is 0 Å². The molecule has 0 bridgehead atoms. The standard InChI is InChI=1S/C28H47N2.CH2O2/c1-2-3-4-5-6-7-8-9-10-11-12-13-14-15-16-20-23-29-24-25-30(27-29)26-28-21-18-17-19-22-28;2-1-3/h17-19,21-22,24-25,27H,2-16,20,23,26H2,1H3;1H,(H,2,3)/q+1;/p-1. The molecule has 0 saturated heterocycles. The molecular weight excluding hydrogens is 408 g/mol. The molecule has 2 rings (SSSR count). The third-order valence-electron chi connectivity index (χ3n) is 6.22. The molecule has 4 nitrogen and oxygen atoms in total. The van der Waals surface area contributed by atoms with Crippen molar-refractivity contribution in [1.82, 2.24) is 4.57 Å². The fourth-order valence-electron chi connectivity index (χ4n) is 4.30. The summed E-state index contributed by atoms with van der Waals surface area (Å²) in [5, 5.41) is 8.25. The van der Waals surface area contributed by atoms with E-state index in [1.807, 2.05) is 0 Å². The van der Waals surface area contributed by atoms with Crippen LogP contribution in [0, 0.1) is 0 Å². The zero-order valence-corrected chi connectivity index (χ0v) is 21.1. The first-order valence-electron chi connectivity index (χ1n) is 13.4. The predicted molar refractivity (Wildman–Crippen MR) is 136 cm³/mol. The molecule has 1 heterocycles. The summed E-state index contributed by atoms with van der Waals surface area (Å²) in [7, 11) is 0. The van der Waals surface area contributed by atoms with Crippen molar-refractivity contribution in [2.75, 3.05) is 0 Å². The average molecular weight is 457 g/mol. The number of unbranched alkanes of at least 4 members (excludes halogenated alkanes) is 15. The van der Waals surface area contributed by atoms with Crippen LogP contribution in [0.5, 0.6) is 0 Å². The van der Waals surface area contributed by atoms with Gasteiger partial charge in [0.2, 0.25) is 6.33 Å². The Morgan fingerprint density at radius 2 is 1.21 bits per heavy atom. The Bertz CT molecular complexity index is 669. The molecule has 0 spiro atoms. The van der Waals surface area contributed by atoms with Gasteiger partial charge >= 0.3 is 0 Å². The van der Waals surface area contributed by atoms with E-state index in [4.69, 9.17) is 9.90 Å². The van der Waals surface area contributed by atoms with Crippen molar-refractivity contribution in [3.05, 3.63) is 54.6 Å². The summed E-state index contributed by atoms with van der Waals surface area (Å²) in [6.45, 7) is 3.92. The first-order valence-corrected chi connectivity index (χ1v) is 13.4. The second-order valence-electron chi connectivity index (χ2n) is 9.21. The molecule has 0 fully saturated rings. The maximum atomic E-state index is 8.25. The van der Waals surface area contributed by atoms with Crippen molar-refractivity contribution in [1.29, 1.82) is 0 Å². The quantitative estimate of drug-likeness (QED) is 0.138. The second kappa shape index (κ2) is 21.7. The number of carbonyl (C=O) groups excluding carboxylic acids is 1. The van der Waals surface area contributed by atoms with Crippen LogP contribution < -0.4 is 9.67 Å². The number of carbonyl (C=O) groups is 1. The maximum Gasteiger partial charge on any atom is 0.244 e. The molecule has 0 amide bonds. The monoisotopic (exact) mass is 456 g/mol. The Hall–Kier alpha value is -2.10. The summed E-state index contributed by atoms with van der Waals surface area (Å²) in [5.74, 6) is 0. The number of hydrogen-bond donors (Lipinski definition) is 0. The predicted octanol–water partition coefficient (Wildman–Crippen LogP) is 6.45. The van der Waals surface area contributed by atoms with E-state index in [1.54, 1.807) is 0 Å². The summed E-state index contributed by atoms with van der Waals surface area (Å²) >= 11 is 0. The van der Waals surface area contributed by atoms with Gasteiger partial charge in [0.1, 0.15) is 18.9 Å². The van der Waals surface area contributed by atoms with E-state index in [0.717, 1.165) is 13.1 Å². The molecule has 0 unspecified atom stereocenters. The number of rotatable bonds is 19. The fourth-order valence-corrected chi connectivity index (χ4v) is 4.30. The van der Waals surface area contributed by atoms with Crippen molar-refractivity contribution < 1.29 is 14.5 Å². The van der Waals surface area contributed by atoms with Crippen LogP contribution in [0.2, 0.25) is 0 Å². The molecular formula is C29H48N2O2. The lowest BCUT2D eigenvalue weighted by molar-refractivity contribution is -0.687. The highest BCUT2D eigenvalue weighted by molar-refractivity contribution is 5.29. The summed E-state index contributed by atoms with van der Waals surface area (Å²) < 4.78 is 4.62. The van der Waals surface area contributed by atoms with Gasteiger partial charge in [0.05, 0.1) is 6.54 Å². The molecule has 186 valence electrons. The third-order valence-corrected chi connectivity index (χ3v) is 6.22. The van der Waals surface area contributed by atoms with Crippen molar-refractivity contribution in [3.8, 4) is 0 Å². The Kier molecular flexibility index (Phi) is 19.1. The molecule has 0 N–H and O–H groups in total. The molecule has 2 aromatic rings. The Labute approximate surface area is 203 Å². The fraction of sp³-hybridized carbons (Fsp3) is 0.655. The van der Waals surface area contributed by atoms with Crippen LogP contribution in [0.25, 0.3) is 0 Å². The lowest BCUT2D eigenvalue weighted by Gasteiger charge is -2.03. The van der Waals surface area contributed by atoms with E-state index < -0.39 is 6.47 Å². The smallest absolute Gasteiger partial charge is 0.244 e. The highest BCUT2D eigenvalue weighted by atomic mass is 16.3. The van der Waals surface area contributed by atoms with Gasteiger partial charge in [0, 0.05) is 6.47 Å². The number of aryl methyl sites for hydroxylation is 1. The number of benzene rings is 1. The summed E-state index contributed by atoms with van der Waals surface area (Å²) in [6.07, 6.45) is 29.6. The molecule has 0 atom stereocenters. The Balaban J connectivity index is 0.00000172. The largest absolute Gasteiger partial charge is 0.554 e. The number of carboxylic acid groups (broad SMARTS) is 1. The van der Waals surface area contributed by atoms with E-state index in [0.29, 0.717) is 0 Å². The summed E-state index contributed by atoms with van der Waals surface area (Å²) in [5.41, 5.74) is 1.36. The van der Waals surface area contributed by atoms with E-state index in [9.17, 15) is 0 Å². The average Bonchev–Trinajstić information content (AvgIpc) is 3.27. The van der Waals surface area contributed by atoms with Gasteiger partial charge in [-0.05, 0) is 18.4 Å². The molecule has 0 aliphatic carbocycles. The van der Waals surface area contributed by atoms with Crippen LogP contribution in [0.4, 0.5) is 0 Å². The molecule has 33 heavy (non-hydrogen) atoms. The van der Waals surface area contributed by atoms with Gasteiger partial charge in [-0.3, -0.25) is 0 Å². The summed E-state index contributed by atoms with van der Waals surface area (Å²) in [6, 6.07) is 10.7. The van der Waals surface area contributed by atoms with Crippen LogP contribution in [-0.2, 0) is 17.9 Å². The van der Waals surface area contributed by atoms with Crippen LogP contribution in [0.1, 0.15) is 115 Å². The Morgan fingerprint density at radius 3 is 1.70 bits per heavy atom. The molecule has 0 saturated carbocycles. The molecule has 1 aromatic carbocycles. The number of aromatic nitrogens is 2. The van der Waals surface area contributed by atoms with Gasteiger partial charge in [-0.1, -0.05) is 127 Å². The van der Waals surface area contributed by atoms with Crippen LogP contribution in [0.15, 0.2) is 49.1 Å². The highest BCUT2D eigenvalue weighted by Gasteiger charge is 2.04. The van der Waals surface area contributed by atoms with Gasteiger partial charge in [-0.25, -0.2) is 9.13 Å². The minimum atomic E-state index is -0.500. The zero-order valence-electron chi connectivity index (χ0n) is 21.1. The van der Waals surface area contributed by atoms with Crippen molar-refractivity contribution >= 4 is 6.47 Å². The van der Waals surface area contributed by atoms with Gasteiger partial charge < -0.3 is 9.90 Å². The number of imidazole rings is 1. The van der Waals surface area contributed by atoms with E-state index in [-0.39, 0.29) is 0 Å². The lowest BCUT2D eigenvalue weighted by Crippen LogP contribution is -2.31. The van der Waals surface area contributed by atoms with Gasteiger partial charge in [-0.15, -0.1) is 0 Å². The van der Waals surface area contributed by atoms with Gasteiger partial charge in [-0.2, -0.15) is 0 Å². The van der Waals surface area contributed by atoms with E-state index >= 15 is 0 Å². The number of nitrogens with zero attached hydrogens (tertiary/aromatic N) is 2. The maximum absolute atomic E-state index is 8.25. The highest BCUT2D eigenvalue weighted by Crippen LogP contribution is 2.13. The third kappa shape index (κ3) is 17.1. The second-order valence-corrected chi connectivity index (χ2v) is 9.21. The lowest BCUT2D eigenvalue weighted by atomic mass is 10.0. The summed E-state index contributed by atoms with van der Waals surface area (Å²) in [4.78, 5) is 8.25. The van der Waals surface area contributed by atoms with Crippen molar-refractivity contribution in [2.24, 2.45) is 0 Å². The van der Waals surface area contributed by atoms with Crippen LogP contribution in [-0.4, -0.2) is 11.0 Å². The zero-order chi connectivity index (χ0) is 23.8. The van der Waals surface area contributed by atoms with Gasteiger partial charge in [0.25, 0.3) is 0 Å². The van der Waals surface area contributed by atoms with Crippen molar-refractivity contribution in [2.45, 2.75) is 123 Å². The molecule has 0 radical (unpaired) electrons. The topological polar surface area (TPSA) is 48.9 Å². The van der Waals surface area contributed by atoms with Gasteiger partial charge in [0.15, 0.2) is 0 Å². The normalized spacial score (nSPS) is 10.6. The van der Waals surface area contributed by atoms with E-state index in [1.165, 1.54) is 108 Å². The molecule has 4 heteroatoms.